The van der Waals surface area contributed by atoms with Crippen LogP contribution in [-0.2, 0) is 14.3 Å². The number of amides is 1. The van der Waals surface area contributed by atoms with E-state index in [1.807, 2.05) is 0 Å². The monoisotopic (exact) mass is 898 g/mol. The summed E-state index contributed by atoms with van der Waals surface area (Å²) in [6, 6.07) is -0.710. The summed E-state index contributed by atoms with van der Waals surface area (Å²) in [4.78, 5) is 26.2. The van der Waals surface area contributed by atoms with E-state index in [-0.39, 0.29) is 24.9 Å². The van der Waals surface area contributed by atoms with Crippen LogP contribution in [0.2, 0.25) is 0 Å². The van der Waals surface area contributed by atoms with E-state index in [0.29, 0.717) is 19.3 Å². The van der Waals surface area contributed by atoms with Gasteiger partial charge in [0.2, 0.25) is 5.91 Å². The highest BCUT2D eigenvalue weighted by atomic mass is 16.5. The van der Waals surface area contributed by atoms with Gasteiger partial charge in [-0.25, -0.2) is 0 Å². The smallest absolute Gasteiger partial charge is 0.306 e. The van der Waals surface area contributed by atoms with Gasteiger partial charge in [-0.1, -0.05) is 230 Å². The maximum atomic E-state index is 13.2. The van der Waals surface area contributed by atoms with Crippen LogP contribution < -0.4 is 5.32 Å². The highest BCUT2D eigenvalue weighted by Gasteiger charge is 2.24. The zero-order chi connectivity index (χ0) is 46.7. The lowest BCUT2D eigenvalue weighted by Crippen LogP contribution is -2.46. The van der Waals surface area contributed by atoms with Crippen LogP contribution in [0.4, 0.5) is 0 Å². The third kappa shape index (κ3) is 46.4. The molecule has 0 heterocycles. The van der Waals surface area contributed by atoms with Crippen molar-refractivity contribution in [2.45, 2.75) is 302 Å². The molecule has 0 radical (unpaired) electrons. The first-order valence-electron chi connectivity index (χ1n) is 27.9. The normalized spacial score (nSPS) is 13.5. The molecule has 0 fully saturated rings. The van der Waals surface area contributed by atoms with Crippen molar-refractivity contribution in [3.8, 4) is 0 Å². The van der Waals surface area contributed by atoms with Crippen LogP contribution >= 0.6 is 0 Å². The Balaban J connectivity index is 4.62. The van der Waals surface area contributed by atoms with Crippen LogP contribution in [0.3, 0.4) is 0 Å². The Labute approximate surface area is 397 Å². The van der Waals surface area contributed by atoms with Gasteiger partial charge >= 0.3 is 5.97 Å². The molecule has 6 nitrogen and oxygen atoms in total. The lowest BCUT2D eigenvalue weighted by atomic mass is 10.0. The molecular formula is C58H107NO5. The first kappa shape index (κ1) is 61.8. The number of carbonyl (C=O) groups is 2. The Bertz CT molecular complexity index is 1100. The maximum Gasteiger partial charge on any atom is 0.306 e. The molecule has 0 saturated carbocycles. The molecule has 0 bridgehead atoms. The molecule has 0 aromatic rings. The second-order valence-electron chi connectivity index (χ2n) is 19.0. The number of unbranched alkanes of at least 4 members (excludes halogenated alkanes) is 30. The van der Waals surface area contributed by atoms with Gasteiger partial charge in [-0.15, -0.1) is 0 Å². The minimum absolute atomic E-state index is 0.0622. The molecule has 3 N–H and O–H groups in total. The van der Waals surface area contributed by atoms with E-state index >= 15 is 0 Å². The highest BCUT2D eigenvalue weighted by Crippen LogP contribution is 2.18. The predicted molar refractivity (Wildman–Crippen MR) is 278 cm³/mol. The van der Waals surface area contributed by atoms with Crippen LogP contribution in [0.1, 0.15) is 284 Å². The Kier molecular flexibility index (Phi) is 50.0. The number of allylic oxidation sites excluding steroid dienone is 8. The molecule has 1 amide bonds. The fourth-order valence-electron chi connectivity index (χ4n) is 8.37. The molecule has 64 heavy (non-hydrogen) atoms. The van der Waals surface area contributed by atoms with Crippen molar-refractivity contribution >= 4 is 11.9 Å². The van der Waals surface area contributed by atoms with Gasteiger partial charge in [0.25, 0.3) is 0 Å². The highest BCUT2D eigenvalue weighted by molar-refractivity contribution is 5.77. The van der Waals surface area contributed by atoms with Gasteiger partial charge in [0.1, 0.15) is 6.10 Å². The van der Waals surface area contributed by atoms with Crippen molar-refractivity contribution in [1.29, 1.82) is 0 Å². The van der Waals surface area contributed by atoms with Gasteiger partial charge in [-0.3, -0.25) is 9.59 Å². The molecule has 0 aliphatic heterocycles. The van der Waals surface area contributed by atoms with E-state index in [4.69, 9.17) is 4.74 Å². The van der Waals surface area contributed by atoms with E-state index < -0.39 is 18.2 Å². The Hall–Kier alpha value is -2.18. The van der Waals surface area contributed by atoms with Crippen molar-refractivity contribution in [3.05, 3.63) is 48.6 Å². The molecule has 0 spiro atoms. The summed E-state index contributed by atoms with van der Waals surface area (Å²) < 4.78 is 5.94. The van der Waals surface area contributed by atoms with Gasteiger partial charge in [0, 0.05) is 6.42 Å². The van der Waals surface area contributed by atoms with Crippen molar-refractivity contribution in [1.82, 2.24) is 5.32 Å². The summed E-state index contributed by atoms with van der Waals surface area (Å²) in [5.74, 6) is -0.492. The zero-order valence-corrected chi connectivity index (χ0v) is 42.7. The number of hydrogen-bond acceptors (Lipinski definition) is 5. The summed E-state index contributed by atoms with van der Waals surface area (Å²) in [6.45, 7) is 6.45. The summed E-state index contributed by atoms with van der Waals surface area (Å²) in [6.07, 6.45) is 63.1. The third-order valence-electron chi connectivity index (χ3n) is 12.6. The number of ether oxygens (including phenoxy) is 1. The summed E-state index contributed by atoms with van der Waals surface area (Å²) in [5, 5.41) is 23.8. The van der Waals surface area contributed by atoms with E-state index in [0.717, 1.165) is 83.5 Å². The van der Waals surface area contributed by atoms with Crippen molar-refractivity contribution in [3.63, 3.8) is 0 Å². The van der Waals surface area contributed by atoms with Crippen molar-refractivity contribution in [2.75, 3.05) is 6.61 Å². The average molecular weight is 898 g/mol. The van der Waals surface area contributed by atoms with Gasteiger partial charge in [-0.05, 0) is 89.9 Å². The SMILES string of the molecule is CCCCC/C=C\C/C=C\C/C=C\CCCCCCC(CC(=O)NC(CO)C(O)CCCCCCCCCCCCCCC)OC(=O)CCCCCCCCC/C=C\CCCCCC. The fourth-order valence-corrected chi connectivity index (χ4v) is 8.37. The number of nitrogens with one attached hydrogen (secondary N) is 1. The Morgan fingerprint density at radius 1 is 0.453 bits per heavy atom. The van der Waals surface area contributed by atoms with Gasteiger partial charge in [0.15, 0.2) is 0 Å². The Morgan fingerprint density at radius 3 is 1.27 bits per heavy atom. The molecule has 0 saturated heterocycles. The number of aliphatic hydroxyl groups excluding tert-OH is 2. The average Bonchev–Trinajstić information content (AvgIpc) is 3.29. The zero-order valence-electron chi connectivity index (χ0n) is 42.7. The summed E-state index contributed by atoms with van der Waals surface area (Å²) in [7, 11) is 0. The number of hydrogen-bond donors (Lipinski definition) is 3. The van der Waals surface area contributed by atoms with E-state index in [1.54, 1.807) is 0 Å². The van der Waals surface area contributed by atoms with Crippen molar-refractivity contribution < 1.29 is 24.5 Å². The Morgan fingerprint density at radius 2 is 0.797 bits per heavy atom. The summed E-state index contributed by atoms with van der Waals surface area (Å²) in [5.41, 5.74) is 0. The lowest BCUT2D eigenvalue weighted by molar-refractivity contribution is -0.151. The molecule has 0 aromatic heterocycles. The molecule has 6 heteroatoms. The van der Waals surface area contributed by atoms with Crippen LogP contribution in [0.5, 0.6) is 0 Å². The van der Waals surface area contributed by atoms with Gasteiger partial charge in [-0.2, -0.15) is 0 Å². The molecule has 0 aromatic carbocycles. The number of rotatable bonds is 50. The quantitative estimate of drug-likeness (QED) is 0.0321. The largest absolute Gasteiger partial charge is 0.462 e. The van der Waals surface area contributed by atoms with Gasteiger partial charge < -0.3 is 20.3 Å². The topological polar surface area (TPSA) is 95.9 Å². The maximum absolute atomic E-state index is 13.2. The fraction of sp³-hybridized carbons (Fsp3) is 0.828. The molecule has 0 aliphatic rings. The minimum Gasteiger partial charge on any atom is -0.462 e. The lowest BCUT2D eigenvalue weighted by Gasteiger charge is -2.24. The molecule has 0 aliphatic carbocycles. The molecule has 3 atom stereocenters. The van der Waals surface area contributed by atoms with Gasteiger partial charge in [0.05, 0.1) is 25.2 Å². The van der Waals surface area contributed by atoms with Crippen molar-refractivity contribution in [2.24, 2.45) is 0 Å². The second-order valence-corrected chi connectivity index (χ2v) is 19.0. The first-order valence-corrected chi connectivity index (χ1v) is 27.9. The van der Waals surface area contributed by atoms with Crippen LogP contribution in [-0.4, -0.2) is 46.9 Å². The number of aliphatic hydroxyl groups is 2. The van der Waals surface area contributed by atoms with E-state index in [1.165, 1.54) is 154 Å². The third-order valence-corrected chi connectivity index (χ3v) is 12.6. The van der Waals surface area contributed by atoms with Crippen LogP contribution in [0.25, 0.3) is 0 Å². The van der Waals surface area contributed by atoms with E-state index in [9.17, 15) is 19.8 Å². The number of esters is 1. The molecule has 0 rings (SSSR count). The minimum atomic E-state index is -0.795. The molecular weight excluding hydrogens is 791 g/mol. The molecule has 374 valence electrons. The number of carbonyl (C=O) groups excluding carboxylic acids is 2. The molecule has 3 unspecified atom stereocenters. The standard InChI is InChI=1S/C58H107NO5/c1-4-7-10-13-16-19-22-25-27-28-30-32-34-37-40-43-46-49-54(64-58(63)51-48-45-42-39-36-33-29-26-23-20-17-14-11-8-5-2)52-57(62)59-55(53-60)56(61)50-47-44-41-38-35-31-24-21-18-15-12-9-6-3/h16,19-20,23,25,27,30,32,54-56,60-61H,4-15,17-18,21-22,24,26,28-29,31,33-53H2,1-3H3,(H,59,62)/b19-16-,23-20-,27-25-,32-30-. The summed E-state index contributed by atoms with van der Waals surface area (Å²) >= 11 is 0. The first-order chi connectivity index (χ1) is 31.5. The van der Waals surface area contributed by atoms with E-state index in [2.05, 4.69) is 74.7 Å². The van der Waals surface area contributed by atoms with Crippen LogP contribution in [0, 0.1) is 0 Å². The predicted octanol–water partition coefficient (Wildman–Crippen LogP) is 17.0. The van der Waals surface area contributed by atoms with Crippen LogP contribution in [0.15, 0.2) is 48.6 Å². The second kappa shape index (κ2) is 51.8.